The summed E-state index contributed by atoms with van der Waals surface area (Å²) in [6.07, 6.45) is 2.86. The molecule has 3 nitrogen and oxygen atoms in total. The second kappa shape index (κ2) is 6.74. The lowest BCUT2D eigenvalue weighted by Crippen LogP contribution is -2.22. The van der Waals surface area contributed by atoms with E-state index in [9.17, 15) is 0 Å². The van der Waals surface area contributed by atoms with Gasteiger partial charge in [0.1, 0.15) is 5.75 Å². The monoisotopic (exact) mass is 250 g/mol. The van der Waals surface area contributed by atoms with Gasteiger partial charge in [-0.25, -0.2) is 0 Å². The molecule has 0 saturated heterocycles. The highest BCUT2D eigenvalue weighted by Crippen LogP contribution is 2.19. The maximum Gasteiger partial charge on any atom is 0.122 e. The van der Waals surface area contributed by atoms with Gasteiger partial charge in [-0.3, -0.25) is 4.98 Å². The first-order valence-electron chi connectivity index (χ1n) is 6.68. The summed E-state index contributed by atoms with van der Waals surface area (Å²) in [5, 5.41) is 3.35. The third-order valence-electron chi connectivity index (χ3n) is 2.60. The fourth-order valence-electron chi connectivity index (χ4n) is 1.43. The van der Waals surface area contributed by atoms with E-state index in [-0.39, 0.29) is 0 Å². The topological polar surface area (TPSA) is 34.1 Å². The molecule has 1 rings (SSSR count). The molecule has 0 unspecified atom stereocenters. The number of aromatic nitrogens is 1. The smallest absolute Gasteiger partial charge is 0.122 e. The maximum absolute atomic E-state index is 5.76. The Morgan fingerprint density at radius 3 is 2.67 bits per heavy atom. The predicted molar refractivity (Wildman–Crippen MR) is 75.8 cm³/mol. The highest BCUT2D eigenvalue weighted by Gasteiger charge is 2.10. The first-order valence-corrected chi connectivity index (χ1v) is 6.68. The van der Waals surface area contributed by atoms with E-state index < -0.39 is 0 Å². The van der Waals surface area contributed by atoms with Crippen molar-refractivity contribution < 1.29 is 4.74 Å². The number of ether oxygens (including phenoxy) is 1. The molecule has 0 aliphatic rings. The average Bonchev–Trinajstić information content (AvgIpc) is 2.25. The standard InChI is InChI=1S/C15H26N2O/c1-12(2)17-11-13-10-14(6-8-16-13)18-9-7-15(3,4)5/h6,8,10,12,17H,7,9,11H2,1-5H3. The van der Waals surface area contributed by atoms with E-state index in [0.717, 1.165) is 31.0 Å². The van der Waals surface area contributed by atoms with Gasteiger partial charge in [-0.2, -0.15) is 0 Å². The Labute approximate surface area is 111 Å². The Hall–Kier alpha value is -1.09. The van der Waals surface area contributed by atoms with Crippen LogP contribution in [-0.4, -0.2) is 17.6 Å². The second-order valence-electron chi connectivity index (χ2n) is 6.18. The van der Waals surface area contributed by atoms with Gasteiger partial charge in [0, 0.05) is 24.8 Å². The van der Waals surface area contributed by atoms with Crippen LogP contribution in [0.1, 0.15) is 46.7 Å². The van der Waals surface area contributed by atoms with Crippen LogP contribution in [-0.2, 0) is 6.54 Å². The van der Waals surface area contributed by atoms with Crippen LogP contribution in [0, 0.1) is 5.41 Å². The molecule has 0 atom stereocenters. The minimum atomic E-state index is 0.315. The van der Waals surface area contributed by atoms with Crippen LogP contribution in [0.25, 0.3) is 0 Å². The van der Waals surface area contributed by atoms with Crippen LogP contribution < -0.4 is 10.1 Å². The number of nitrogens with zero attached hydrogens (tertiary/aromatic N) is 1. The summed E-state index contributed by atoms with van der Waals surface area (Å²) in [4.78, 5) is 4.33. The number of rotatable bonds is 6. The summed E-state index contributed by atoms with van der Waals surface area (Å²) in [5.74, 6) is 0.912. The quantitative estimate of drug-likeness (QED) is 0.840. The average molecular weight is 250 g/mol. The van der Waals surface area contributed by atoms with Crippen molar-refractivity contribution in [2.45, 2.75) is 53.6 Å². The Balaban J connectivity index is 2.44. The zero-order valence-electron chi connectivity index (χ0n) is 12.3. The number of hydrogen-bond acceptors (Lipinski definition) is 3. The van der Waals surface area contributed by atoms with Gasteiger partial charge >= 0.3 is 0 Å². The van der Waals surface area contributed by atoms with E-state index >= 15 is 0 Å². The Bertz CT molecular complexity index is 356. The lowest BCUT2D eigenvalue weighted by molar-refractivity contribution is 0.242. The van der Waals surface area contributed by atoms with Crippen LogP contribution >= 0.6 is 0 Å². The molecular weight excluding hydrogens is 224 g/mol. The Morgan fingerprint density at radius 1 is 1.33 bits per heavy atom. The molecule has 18 heavy (non-hydrogen) atoms. The van der Waals surface area contributed by atoms with Crippen LogP contribution in [0.2, 0.25) is 0 Å². The van der Waals surface area contributed by atoms with Crippen molar-refractivity contribution >= 4 is 0 Å². The van der Waals surface area contributed by atoms with Crippen molar-refractivity contribution in [2.24, 2.45) is 5.41 Å². The number of pyridine rings is 1. The van der Waals surface area contributed by atoms with Crippen molar-refractivity contribution in [3.8, 4) is 5.75 Å². The van der Waals surface area contributed by atoms with E-state index in [0.29, 0.717) is 11.5 Å². The first-order chi connectivity index (χ1) is 8.37. The molecule has 0 saturated carbocycles. The van der Waals surface area contributed by atoms with Gasteiger partial charge in [0.2, 0.25) is 0 Å². The van der Waals surface area contributed by atoms with Gasteiger partial charge in [0.25, 0.3) is 0 Å². The SMILES string of the molecule is CC(C)NCc1cc(OCCC(C)(C)C)ccn1. The summed E-state index contributed by atoms with van der Waals surface area (Å²) in [5.41, 5.74) is 1.34. The molecule has 0 aromatic carbocycles. The minimum absolute atomic E-state index is 0.315. The molecule has 0 spiro atoms. The van der Waals surface area contributed by atoms with Gasteiger partial charge < -0.3 is 10.1 Å². The van der Waals surface area contributed by atoms with Crippen molar-refractivity contribution in [1.29, 1.82) is 0 Å². The van der Waals surface area contributed by atoms with Crippen LogP contribution in [0.5, 0.6) is 5.75 Å². The van der Waals surface area contributed by atoms with Crippen molar-refractivity contribution in [1.82, 2.24) is 10.3 Å². The Morgan fingerprint density at radius 2 is 2.06 bits per heavy atom. The lowest BCUT2D eigenvalue weighted by atomic mass is 9.93. The van der Waals surface area contributed by atoms with Gasteiger partial charge in [0.15, 0.2) is 0 Å². The maximum atomic E-state index is 5.76. The molecule has 0 fully saturated rings. The van der Waals surface area contributed by atoms with Crippen LogP contribution in [0.4, 0.5) is 0 Å². The molecule has 0 amide bonds. The minimum Gasteiger partial charge on any atom is -0.493 e. The second-order valence-corrected chi connectivity index (χ2v) is 6.18. The molecule has 1 N–H and O–H groups in total. The normalized spacial score (nSPS) is 11.9. The molecule has 0 bridgehead atoms. The summed E-state index contributed by atoms with van der Waals surface area (Å²) < 4.78 is 5.76. The Kier molecular flexibility index (Phi) is 5.60. The van der Waals surface area contributed by atoms with Gasteiger partial charge in [-0.05, 0) is 17.9 Å². The van der Waals surface area contributed by atoms with E-state index in [1.54, 1.807) is 0 Å². The molecule has 0 aliphatic carbocycles. The summed E-state index contributed by atoms with van der Waals surface area (Å²) in [6.45, 7) is 12.5. The zero-order chi connectivity index (χ0) is 13.6. The van der Waals surface area contributed by atoms with E-state index in [1.165, 1.54) is 0 Å². The predicted octanol–water partition coefficient (Wildman–Crippen LogP) is 3.39. The molecule has 1 aromatic heterocycles. The molecule has 0 aliphatic heterocycles. The van der Waals surface area contributed by atoms with Gasteiger partial charge in [0.05, 0.1) is 12.3 Å². The fraction of sp³-hybridized carbons (Fsp3) is 0.667. The summed E-state index contributed by atoms with van der Waals surface area (Å²) >= 11 is 0. The van der Waals surface area contributed by atoms with Crippen molar-refractivity contribution in [2.75, 3.05) is 6.61 Å². The van der Waals surface area contributed by atoms with Crippen LogP contribution in [0.3, 0.4) is 0 Å². The summed E-state index contributed by atoms with van der Waals surface area (Å²) in [7, 11) is 0. The number of hydrogen-bond donors (Lipinski definition) is 1. The molecule has 102 valence electrons. The molecule has 0 radical (unpaired) electrons. The molecule has 1 heterocycles. The molecule has 1 aromatic rings. The largest absolute Gasteiger partial charge is 0.493 e. The summed E-state index contributed by atoms with van der Waals surface area (Å²) in [6, 6.07) is 4.40. The zero-order valence-corrected chi connectivity index (χ0v) is 12.3. The highest BCUT2D eigenvalue weighted by atomic mass is 16.5. The van der Waals surface area contributed by atoms with E-state index in [2.05, 4.69) is 44.9 Å². The van der Waals surface area contributed by atoms with E-state index in [1.807, 2.05) is 18.3 Å². The van der Waals surface area contributed by atoms with Crippen molar-refractivity contribution in [3.05, 3.63) is 24.0 Å². The lowest BCUT2D eigenvalue weighted by Gasteiger charge is -2.18. The third kappa shape index (κ3) is 6.60. The van der Waals surface area contributed by atoms with Crippen molar-refractivity contribution in [3.63, 3.8) is 0 Å². The molecule has 3 heteroatoms. The van der Waals surface area contributed by atoms with E-state index in [4.69, 9.17) is 4.74 Å². The third-order valence-corrected chi connectivity index (χ3v) is 2.60. The fourth-order valence-corrected chi connectivity index (χ4v) is 1.43. The highest BCUT2D eigenvalue weighted by molar-refractivity contribution is 5.22. The number of nitrogens with one attached hydrogen (secondary N) is 1. The first kappa shape index (κ1) is 15.0. The van der Waals surface area contributed by atoms with Gasteiger partial charge in [-0.1, -0.05) is 34.6 Å². The molecular formula is C15H26N2O. The van der Waals surface area contributed by atoms with Gasteiger partial charge in [-0.15, -0.1) is 0 Å². The van der Waals surface area contributed by atoms with Crippen LogP contribution in [0.15, 0.2) is 18.3 Å².